The quantitative estimate of drug-likeness (QED) is 0.907. The first-order chi connectivity index (χ1) is 12.1. The lowest BCUT2D eigenvalue weighted by Crippen LogP contribution is -2.32. The predicted molar refractivity (Wildman–Crippen MR) is 100 cm³/mol. The molecule has 1 aliphatic rings. The highest BCUT2D eigenvalue weighted by Gasteiger charge is 2.15. The van der Waals surface area contributed by atoms with E-state index in [1.165, 1.54) is 31.5 Å². The van der Waals surface area contributed by atoms with Gasteiger partial charge in [0, 0.05) is 25.0 Å². The number of nitrogens with one attached hydrogen (secondary N) is 1. The van der Waals surface area contributed by atoms with E-state index >= 15 is 0 Å². The van der Waals surface area contributed by atoms with E-state index in [1.54, 1.807) is 6.20 Å². The van der Waals surface area contributed by atoms with E-state index in [4.69, 9.17) is 0 Å². The fourth-order valence-electron chi connectivity index (χ4n) is 3.20. The summed E-state index contributed by atoms with van der Waals surface area (Å²) in [6.07, 6.45) is 4.21. The van der Waals surface area contributed by atoms with Crippen LogP contribution in [0.3, 0.4) is 0 Å². The average Bonchev–Trinajstić information content (AvgIpc) is 2.63. The lowest BCUT2D eigenvalue weighted by atomic mass is 9.98. The zero-order valence-electron chi connectivity index (χ0n) is 15.2. The predicted octanol–water partition coefficient (Wildman–Crippen LogP) is 3.55. The number of amides is 1. The number of hydrogen-bond acceptors (Lipinski definition) is 3. The zero-order valence-corrected chi connectivity index (χ0v) is 15.2. The highest BCUT2D eigenvalue weighted by Crippen LogP contribution is 2.18. The van der Waals surface area contributed by atoms with Crippen LogP contribution >= 0.6 is 0 Å². The molecule has 0 atom stereocenters. The van der Waals surface area contributed by atoms with Crippen LogP contribution in [-0.2, 0) is 13.1 Å². The molecule has 0 bridgehead atoms. The summed E-state index contributed by atoms with van der Waals surface area (Å²) >= 11 is 0. The zero-order chi connectivity index (χ0) is 17.6. The summed E-state index contributed by atoms with van der Waals surface area (Å²) < 4.78 is 0. The van der Waals surface area contributed by atoms with Crippen LogP contribution in [0.2, 0.25) is 0 Å². The molecule has 1 saturated heterocycles. The summed E-state index contributed by atoms with van der Waals surface area (Å²) in [5.74, 6) is 0.775. The summed E-state index contributed by atoms with van der Waals surface area (Å²) in [4.78, 5) is 18.9. The number of nitrogens with zero attached hydrogens (tertiary/aromatic N) is 2. The van der Waals surface area contributed by atoms with Gasteiger partial charge in [-0.15, -0.1) is 0 Å². The molecule has 1 aromatic heterocycles. The first-order valence-electron chi connectivity index (χ1n) is 9.11. The molecule has 0 aliphatic carbocycles. The van der Waals surface area contributed by atoms with Crippen molar-refractivity contribution in [2.24, 2.45) is 5.92 Å². The van der Waals surface area contributed by atoms with E-state index in [-0.39, 0.29) is 5.91 Å². The largest absolute Gasteiger partial charge is 0.348 e. The average molecular weight is 337 g/mol. The number of carbonyl (C=O) groups is 1. The smallest absolute Gasteiger partial charge is 0.253 e. The Hall–Kier alpha value is -2.20. The number of likely N-dealkylation sites (tertiary alicyclic amines) is 1. The third-order valence-corrected chi connectivity index (χ3v) is 4.90. The second-order valence-electron chi connectivity index (χ2n) is 7.15. The van der Waals surface area contributed by atoms with Crippen LogP contribution in [0.5, 0.6) is 0 Å². The van der Waals surface area contributed by atoms with Crippen molar-refractivity contribution in [3.05, 3.63) is 65.0 Å². The van der Waals surface area contributed by atoms with Gasteiger partial charge in [-0.2, -0.15) is 0 Å². The van der Waals surface area contributed by atoms with E-state index in [0.717, 1.165) is 23.7 Å². The van der Waals surface area contributed by atoms with Crippen molar-refractivity contribution in [3.8, 4) is 0 Å². The van der Waals surface area contributed by atoms with Gasteiger partial charge in [0.05, 0.1) is 5.56 Å². The fraction of sp³-hybridized carbons (Fsp3) is 0.429. The molecule has 1 amide bonds. The van der Waals surface area contributed by atoms with Crippen LogP contribution in [0.25, 0.3) is 0 Å². The second-order valence-corrected chi connectivity index (χ2v) is 7.15. The van der Waals surface area contributed by atoms with Crippen molar-refractivity contribution in [1.29, 1.82) is 0 Å². The summed E-state index contributed by atoms with van der Waals surface area (Å²) in [5, 5.41) is 2.98. The molecule has 2 aromatic rings. The third-order valence-electron chi connectivity index (χ3n) is 4.90. The maximum Gasteiger partial charge on any atom is 0.253 e. The minimum absolute atomic E-state index is 0.0806. The molecule has 0 radical (unpaired) electrons. The first kappa shape index (κ1) is 17.6. The normalized spacial score (nSPS) is 15.9. The van der Waals surface area contributed by atoms with Gasteiger partial charge in [0.1, 0.15) is 0 Å². The van der Waals surface area contributed by atoms with Crippen molar-refractivity contribution in [3.63, 3.8) is 0 Å². The highest BCUT2D eigenvalue weighted by molar-refractivity contribution is 5.93. The van der Waals surface area contributed by atoms with Gasteiger partial charge >= 0.3 is 0 Å². The third kappa shape index (κ3) is 5.13. The maximum absolute atomic E-state index is 12.2. The Morgan fingerprint density at radius 2 is 1.96 bits per heavy atom. The molecule has 1 fully saturated rings. The number of pyridine rings is 1. The van der Waals surface area contributed by atoms with E-state index in [9.17, 15) is 4.79 Å². The van der Waals surface area contributed by atoms with Crippen LogP contribution < -0.4 is 5.32 Å². The number of aryl methyl sites for hydroxylation is 1. The standard InChI is InChI=1S/C21H27N3O/c1-16-8-10-24(11-9-16)15-19-5-3-4-18(12-19)13-23-21(25)20-7-6-17(2)22-14-20/h3-7,12,14,16H,8-11,13,15H2,1-2H3,(H,23,25). The van der Waals surface area contributed by atoms with Crippen molar-refractivity contribution >= 4 is 5.91 Å². The monoisotopic (exact) mass is 337 g/mol. The van der Waals surface area contributed by atoms with Gasteiger partial charge in [0.25, 0.3) is 5.91 Å². The molecule has 3 rings (SSSR count). The molecule has 1 aromatic carbocycles. The number of piperidine rings is 1. The van der Waals surface area contributed by atoms with E-state index < -0.39 is 0 Å². The second kappa shape index (κ2) is 8.26. The van der Waals surface area contributed by atoms with Crippen molar-refractivity contribution in [1.82, 2.24) is 15.2 Å². The highest BCUT2D eigenvalue weighted by atomic mass is 16.1. The summed E-state index contributed by atoms with van der Waals surface area (Å²) in [6, 6.07) is 12.2. The lowest BCUT2D eigenvalue weighted by molar-refractivity contribution is 0.0950. The Morgan fingerprint density at radius 1 is 1.20 bits per heavy atom. The molecule has 0 saturated carbocycles. The van der Waals surface area contributed by atoms with Crippen LogP contribution in [0.15, 0.2) is 42.6 Å². The molecule has 1 N–H and O–H groups in total. The van der Waals surface area contributed by atoms with E-state index in [2.05, 4.69) is 46.4 Å². The minimum atomic E-state index is -0.0806. The number of hydrogen-bond donors (Lipinski definition) is 1. The van der Waals surface area contributed by atoms with Gasteiger partial charge in [0.15, 0.2) is 0 Å². The van der Waals surface area contributed by atoms with E-state index in [1.807, 2.05) is 19.1 Å². The Labute approximate surface area is 150 Å². The van der Waals surface area contributed by atoms with Gasteiger partial charge in [-0.05, 0) is 62.0 Å². The maximum atomic E-state index is 12.2. The van der Waals surface area contributed by atoms with Gasteiger partial charge in [-0.25, -0.2) is 0 Å². The number of benzene rings is 1. The SMILES string of the molecule is Cc1ccc(C(=O)NCc2cccc(CN3CCC(C)CC3)c2)cn1. The molecule has 0 spiro atoms. The van der Waals surface area contributed by atoms with Gasteiger partial charge in [-0.3, -0.25) is 14.7 Å². The van der Waals surface area contributed by atoms with Crippen molar-refractivity contribution in [2.75, 3.05) is 13.1 Å². The van der Waals surface area contributed by atoms with Crippen LogP contribution in [0.4, 0.5) is 0 Å². The fourth-order valence-corrected chi connectivity index (χ4v) is 3.20. The molecule has 4 nitrogen and oxygen atoms in total. The van der Waals surface area contributed by atoms with Crippen LogP contribution in [0, 0.1) is 12.8 Å². The molecular weight excluding hydrogens is 310 g/mol. The molecule has 132 valence electrons. The Bertz CT molecular complexity index is 703. The van der Waals surface area contributed by atoms with Crippen LogP contribution in [0.1, 0.15) is 46.9 Å². The van der Waals surface area contributed by atoms with Crippen molar-refractivity contribution < 1.29 is 4.79 Å². The molecule has 25 heavy (non-hydrogen) atoms. The summed E-state index contributed by atoms with van der Waals surface area (Å²) in [5.41, 5.74) is 3.97. The molecular formula is C21H27N3O. The lowest BCUT2D eigenvalue weighted by Gasteiger charge is -2.30. The number of carbonyl (C=O) groups excluding carboxylic acids is 1. The Morgan fingerprint density at radius 3 is 2.68 bits per heavy atom. The van der Waals surface area contributed by atoms with E-state index in [0.29, 0.717) is 12.1 Å². The molecule has 1 aliphatic heterocycles. The topological polar surface area (TPSA) is 45.2 Å². The number of aromatic nitrogens is 1. The summed E-state index contributed by atoms with van der Waals surface area (Å²) in [6.45, 7) is 8.15. The van der Waals surface area contributed by atoms with Crippen molar-refractivity contribution in [2.45, 2.75) is 39.8 Å². The first-order valence-corrected chi connectivity index (χ1v) is 9.11. The Balaban J connectivity index is 1.54. The molecule has 2 heterocycles. The molecule has 0 unspecified atom stereocenters. The number of rotatable bonds is 5. The Kier molecular flexibility index (Phi) is 5.82. The van der Waals surface area contributed by atoms with Gasteiger partial charge in [-0.1, -0.05) is 31.2 Å². The minimum Gasteiger partial charge on any atom is -0.348 e. The summed E-state index contributed by atoms with van der Waals surface area (Å²) in [7, 11) is 0. The van der Waals surface area contributed by atoms with Gasteiger partial charge in [0.2, 0.25) is 0 Å². The molecule has 4 heteroatoms. The van der Waals surface area contributed by atoms with Gasteiger partial charge < -0.3 is 5.32 Å². The van der Waals surface area contributed by atoms with Crippen LogP contribution in [-0.4, -0.2) is 28.9 Å².